The summed E-state index contributed by atoms with van der Waals surface area (Å²) in [6.45, 7) is 1.08. The zero-order chi connectivity index (χ0) is 13.1. The Morgan fingerprint density at radius 3 is 3.00 bits per heavy atom. The molecule has 1 saturated heterocycles. The van der Waals surface area contributed by atoms with Crippen molar-refractivity contribution in [2.24, 2.45) is 7.05 Å². The van der Waals surface area contributed by atoms with Gasteiger partial charge in [0.15, 0.2) is 0 Å². The van der Waals surface area contributed by atoms with Crippen LogP contribution in [-0.2, 0) is 16.6 Å². The van der Waals surface area contributed by atoms with Gasteiger partial charge in [0.25, 0.3) is 5.91 Å². The number of ether oxygens (including phenoxy) is 1. The van der Waals surface area contributed by atoms with Crippen LogP contribution in [0.2, 0.25) is 0 Å². The van der Waals surface area contributed by atoms with Crippen LogP contribution < -0.4 is 0 Å². The summed E-state index contributed by atoms with van der Waals surface area (Å²) in [5.74, 6) is -1.19. The molecule has 18 heavy (non-hydrogen) atoms. The molecular formula is C11H15N3O4. The third kappa shape index (κ3) is 2.67. The van der Waals surface area contributed by atoms with Crippen molar-refractivity contribution in [3.8, 4) is 0 Å². The highest BCUT2D eigenvalue weighted by molar-refractivity contribution is 5.92. The highest BCUT2D eigenvalue weighted by atomic mass is 16.5. The SMILES string of the molecule is Cn1ccc(C(=O)N2CCOCC2CC(=O)O)n1. The van der Waals surface area contributed by atoms with Crippen molar-refractivity contribution in [3.05, 3.63) is 18.0 Å². The molecule has 2 rings (SSSR count). The van der Waals surface area contributed by atoms with E-state index in [4.69, 9.17) is 9.84 Å². The zero-order valence-electron chi connectivity index (χ0n) is 10.1. The number of morpholine rings is 1. The highest BCUT2D eigenvalue weighted by Crippen LogP contribution is 2.14. The van der Waals surface area contributed by atoms with E-state index in [0.717, 1.165) is 0 Å². The normalized spacial score (nSPS) is 19.8. The molecule has 7 heteroatoms. The van der Waals surface area contributed by atoms with Gasteiger partial charge >= 0.3 is 5.97 Å². The summed E-state index contributed by atoms with van der Waals surface area (Å²) >= 11 is 0. The number of aliphatic carboxylic acids is 1. The van der Waals surface area contributed by atoms with Gasteiger partial charge in [0, 0.05) is 19.8 Å². The molecule has 0 radical (unpaired) electrons. The molecule has 98 valence electrons. The standard InChI is InChI=1S/C11H15N3O4/c1-13-3-2-9(12-13)11(17)14-4-5-18-7-8(14)6-10(15)16/h2-3,8H,4-7H2,1H3,(H,15,16). The first-order valence-electron chi connectivity index (χ1n) is 5.68. The fourth-order valence-corrected chi connectivity index (χ4v) is 1.97. The average Bonchev–Trinajstić information content (AvgIpc) is 2.75. The Hall–Kier alpha value is -1.89. The number of carbonyl (C=O) groups is 2. The highest BCUT2D eigenvalue weighted by Gasteiger charge is 2.30. The van der Waals surface area contributed by atoms with Crippen molar-refractivity contribution in [1.82, 2.24) is 14.7 Å². The van der Waals surface area contributed by atoms with Crippen LogP contribution >= 0.6 is 0 Å². The number of amides is 1. The van der Waals surface area contributed by atoms with E-state index in [9.17, 15) is 9.59 Å². The second-order valence-corrected chi connectivity index (χ2v) is 4.20. The largest absolute Gasteiger partial charge is 0.481 e. The first kappa shape index (κ1) is 12.6. The summed E-state index contributed by atoms with van der Waals surface area (Å²) in [4.78, 5) is 24.5. The minimum atomic E-state index is -0.940. The number of carboxylic acids is 1. The van der Waals surface area contributed by atoms with E-state index in [-0.39, 0.29) is 18.9 Å². The van der Waals surface area contributed by atoms with Crippen LogP contribution in [0, 0.1) is 0 Å². The predicted molar refractivity (Wildman–Crippen MR) is 61.1 cm³/mol. The van der Waals surface area contributed by atoms with E-state index in [2.05, 4.69) is 5.10 Å². The lowest BCUT2D eigenvalue weighted by Crippen LogP contribution is -2.49. The molecule has 0 spiro atoms. The van der Waals surface area contributed by atoms with Gasteiger partial charge < -0.3 is 14.7 Å². The van der Waals surface area contributed by atoms with Gasteiger partial charge in [-0.25, -0.2) is 0 Å². The molecule has 0 aliphatic carbocycles. The number of carboxylic acid groups (broad SMARTS) is 1. The van der Waals surface area contributed by atoms with Crippen molar-refractivity contribution in [2.45, 2.75) is 12.5 Å². The van der Waals surface area contributed by atoms with E-state index in [1.165, 1.54) is 4.90 Å². The van der Waals surface area contributed by atoms with Gasteiger partial charge in [0.2, 0.25) is 0 Å². The van der Waals surface area contributed by atoms with Crippen molar-refractivity contribution < 1.29 is 19.4 Å². The van der Waals surface area contributed by atoms with E-state index in [1.807, 2.05) is 0 Å². The number of hydrogen-bond acceptors (Lipinski definition) is 4. The third-order valence-electron chi connectivity index (χ3n) is 2.83. The maximum absolute atomic E-state index is 12.2. The number of carbonyl (C=O) groups excluding carboxylic acids is 1. The summed E-state index contributed by atoms with van der Waals surface area (Å²) in [7, 11) is 1.73. The van der Waals surface area contributed by atoms with Crippen LogP contribution in [0.1, 0.15) is 16.9 Å². The minimum Gasteiger partial charge on any atom is -0.481 e. The molecular weight excluding hydrogens is 238 g/mol. The summed E-state index contributed by atoms with van der Waals surface area (Å²) in [6, 6.07) is 1.20. The predicted octanol–water partition coefficient (Wildman–Crippen LogP) is -0.264. The van der Waals surface area contributed by atoms with Crippen molar-refractivity contribution in [2.75, 3.05) is 19.8 Å². The molecule has 7 nitrogen and oxygen atoms in total. The Labute approximate surface area is 104 Å². The minimum absolute atomic E-state index is 0.113. The van der Waals surface area contributed by atoms with Gasteiger partial charge in [-0.2, -0.15) is 5.10 Å². The number of aromatic nitrogens is 2. The summed E-state index contributed by atoms with van der Waals surface area (Å²) in [5.41, 5.74) is 0.329. The number of hydrogen-bond donors (Lipinski definition) is 1. The lowest BCUT2D eigenvalue weighted by atomic mass is 10.1. The maximum Gasteiger partial charge on any atom is 0.305 e. The molecule has 0 aromatic carbocycles. The second-order valence-electron chi connectivity index (χ2n) is 4.20. The number of aryl methyl sites for hydroxylation is 1. The molecule has 1 atom stereocenters. The first-order valence-corrected chi connectivity index (χ1v) is 5.68. The summed E-state index contributed by atoms with van der Waals surface area (Å²) in [6.07, 6.45) is 1.57. The van der Waals surface area contributed by atoms with E-state index < -0.39 is 12.0 Å². The topological polar surface area (TPSA) is 84.7 Å². The fourth-order valence-electron chi connectivity index (χ4n) is 1.97. The van der Waals surface area contributed by atoms with Crippen LogP contribution in [0.4, 0.5) is 0 Å². The Morgan fingerprint density at radius 1 is 1.61 bits per heavy atom. The Balaban J connectivity index is 2.13. The molecule has 1 aromatic rings. The first-order chi connectivity index (χ1) is 8.58. The monoisotopic (exact) mass is 253 g/mol. The van der Waals surface area contributed by atoms with Crippen molar-refractivity contribution in [3.63, 3.8) is 0 Å². The van der Waals surface area contributed by atoms with Crippen LogP contribution in [0.15, 0.2) is 12.3 Å². The second kappa shape index (κ2) is 5.18. The maximum atomic E-state index is 12.2. The van der Waals surface area contributed by atoms with Crippen LogP contribution in [-0.4, -0.2) is 57.5 Å². The summed E-state index contributed by atoms with van der Waals surface area (Å²) < 4.78 is 6.76. The Bertz CT molecular complexity index is 457. The number of nitrogens with zero attached hydrogens (tertiary/aromatic N) is 3. The molecule has 1 aliphatic rings. The van der Waals surface area contributed by atoms with E-state index in [0.29, 0.717) is 18.8 Å². The lowest BCUT2D eigenvalue weighted by molar-refractivity contribution is -0.139. The number of rotatable bonds is 3. The Kier molecular flexibility index (Phi) is 3.61. The third-order valence-corrected chi connectivity index (χ3v) is 2.83. The molecule has 1 aromatic heterocycles. The quantitative estimate of drug-likeness (QED) is 0.802. The molecule has 0 saturated carbocycles. The molecule has 0 bridgehead atoms. The Morgan fingerprint density at radius 2 is 2.39 bits per heavy atom. The molecule has 1 amide bonds. The van der Waals surface area contributed by atoms with Crippen molar-refractivity contribution >= 4 is 11.9 Å². The van der Waals surface area contributed by atoms with E-state index >= 15 is 0 Å². The lowest BCUT2D eigenvalue weighted by Gasteiger charge is -2.34. The van der Waals surface area contributed by atoms with Crippen LogP contribution in [0.5, 0.6) is 0 Å². The van der Waals surface area contributed by atoms with Gasteiger partial charge in [-0.15, -0.1) is 0 Å². The van der Waals surface area contributed by atoms with Gasteiger partial charge in [-0.05, 0) is 6.07 Å². The fraction of sp³-hybridized carbons (Fsp3) is 0.545. The molecule has 1 unspecified atom stereocenters. The van der Waals surface area contributed by atoms with Gasteiger partial charge in [0.1, 0.15) is 5.69 Å². The van der Waals surface area contributed by atoms with Crippen LogP contribution in [0.3, 0.4) is 0 Å². The summed E-state index contributed by atoms with van der Waals surface area (Å²) in [5, 5.41) is 12.9. The van der Waals surface area contributed by atoms with Gasteiger partial charge in [-0.1, -0.05) is 0 Å². The smallest absolute Gasteiger partial charge is 0.305 e. The van der Waals surface area contributed by atoms with Crippen LogP contribution in [0.25, 0.3) is 0 Å². The van der Waals surface area contributed by atoms with Crippen molar-refractivity contribution in [1.29, 1.82) is 0 Å². The molecule has 1 aliphatic heterocycles. The van der Waals surface area contributed by atoms with E-state index in [1.54, 1.807) is 24.0 Å². The zero-order valence-corrected chi connectivity index (χ0v) is 10.1. The van der Waals surface area contributed by atoms with Gasteiger partial charge in [-0.3, -0.25) is 14.3 Å². The molecule has 2 heterocycles. The molecule has 1 N–H and O–H groups in total. The van der Waals surface area contributed by atoms with Gasteiger partial charge in [0.05, 0.1) is 25.7 Å². The molecule has 1 fully saturated rings. The average molecular weight is 253 g/mol.